The number of hydrogen-bond donors (Lipinski definition) is 2. The molecule has 1 aliphatic heterocycles. The van der Waals surface area contributed by atoms with Crippen LogP contribution in [0.1, 0.15) is 24.6 Å². The molecule has 0 aliphatic carbocycles. The van der Waals surface area contributed by atoms with Crippen LogP contribution in [0.2, 0.25) is 0 Å². The molecule has 1 atom stereocenters. The summed E-state index contributed by atoms with van der Waals surface area (Å²) in [6.07, 6.45) is 4.35. The Morgan fingerprint density at radius 1 is 1.47 bits per heavy atom. The zero-order chi connectivity index (χ0) is 11.8. The summed E-state index contributed by atoms with van der Waals surface area (Å²) < 4.78 is 3.01. The number of aromatic nitrogens is 2. The van der Waals surface area contributed by atoms with Crippen LogP contribution in [0.5, 0.6) is 0 Å². The van der Waals surface area contributed by atoms with Gasteiger partial charge in [-0.25, -0.2) is 4.98 Å². The van der Waals surface area contributed by atoms with Gasteiger partial charge in [-0.3, -0.25) is 0 Å². The van der Waals surface area contributed by atoms with E-state index in [2.05, 4.69) is 30.6 Å². The average molecular weight is 295 g/mol. The third-order valence-electron chi connectivity index (χ3n) is 3.30. The van der Waals surface area contributed by atoms with Crippen molar-refractivity contribution >= 4 is 27.1 Å². The van der Waals surface area contributed by atoms with Crippen LogP contribution in [0.3, 0.4) is 0 Å². The van der Waals surface area contributed by atoms with Crippen LogP contribution in [-0.2, 0) is 0 Å². The number of hydrogen-bond acceptors (Lipinski definition) is 3. The highest BCUT2D eigenvalue weighted by molar-refractivity contribution is 9.10. The lowest BCUT2D eigenvalue weighted by Crippen LogP contribution is -2.29. The van der Waals surface area contributed by atoms with Crippen molar-refractivity contribution in [1.82, 2.24) is 14.7 Å². The van der Waals surface area contributed by atoms with Crippen molar-refractivity contribution in [1.29, 1.82) is 0 Å². The van der Waals surface area contributed by atoms with Crippen LogP contribution in [0, 0.1) is 0 Å². The lowest BCUT2D eigenvalue weighted by atomic mass is 9.99. The third-order valence-corrected chi connectivity index (χ3v) is 3.89. The number of piperidine rings is 1. The molecule has 2 aromatic heterocycles. The maximum Gasteiger partial charge on any atom is 0.132 e. The van der Waals surface area contributed by atoms with E-state index in [9.17, 15) is 0 Å². The summed E-state index contributed by atoms with van der Waals surface area (Å²) in [5, 5.41) is 3.42. The van der Waals surface area contributed by atoms with Crippen molar-refractivity contribution in [2.75, 3.05) is 18.8 Å². The van der Waals surface area contributed by atoms with Gasteiger partial charge in [-0.1, -0.05) is 0 Å². The van der Waals surface area contributed by atoms with Crippen molar-refractivity contribution in [2.24, 2.45) is 0 Å². The standard InChI is InChI=1S/C12H15BrN4/c13-11-10-4-3-9(14)7-17(10)12(16-11)8-2-1-5-15-6-8/h3-4,7-8,15H,1-2,5-6,14H2. The summed E-state index contributed by atoms with van der Waals surface area (Å²) >= 11 is 3.52. The van der Waals surface area contributed by atoms with Gasteiger partial charge in [0.15, 0.2) is 0 Å². The molecule has 0 bridgehead atoms. The molecule has 3 heterocycles. The molecule has 0 amide bonds. The molecule has 5 heteroatoms. The summed E-state index contributed by atoms with van der Waals surface area (Å²) in [4.78, 5) is 4.64. The highest BCUT2D eigenvalue weighted by atomic mass is 79.9. The molecule has 90 valence electrons. The second-order valence-corrected chi connectivity index (χ2v) is 5.27. The first kappa shape index (κ1) is 11.0. The van der Waals surface area contributed by atoms with Gasteiger partial charge in [0, 0.05) is 24.3 Å². The Hall–Kier alpha value is -1.07. The van der Waals surface area contributed by atoms with Crippen LogP contribution in [0.25, 0.3) is 5.52 Å². The summed E-state index contributed by atoms with van der Waals surface area (Å²) in [5.74, 6) is 1.58. The van der Waals surface area contributed by atoms with Gasteiger partial charge in [0.1, 0.15) is 10.4 Å². The van der Waals surface area contributed by atoms with Gasteiger partial charge < -0.3 is 15.5 Å². The Morgan fingerprint density at radius 2 is 2.35 bits per heavy atom. The monoisotopic (exact) mass is 294 g/mol. The van der Waals surface area contributed by atoms with E-state index in [-0.39, 0.29) is 0 Å². The van der Waals surface area contributed by atoms with Gasteiger partial charge in [0.05, 0.1) is 5.52 Å². The minimum absolute atomic E-state index is 0.476. The second kappa shape index (κ2) is 4.31. The zero-order valence-corrected chi connectivity index (χ0v) is 11.1. The van der Waals surface area contributed by atoms with Crippen molar-refractivity contribution in [3.05, 3.63) is 28.8 Å². The third kappa shape index (κ3) is 1.93. The minimum atomic E-state index is 0.476. The molecule has 4 nitrogen and oxygen atoms in total. The number of anilines is 1. The average Bonchev–Trinajstić information content (AvgIpc) is 2.67. The summed E-state index contributed by atoms with van der Waals surface area (Å²) in [6, 6.07) is 3.91. The van der Waals surface area contributed by atoms with Crippen LogP contribution < -0.4 is 11.1 Å². The van der Waals surface area contributed by atoms with Crippen LogP contribution in [0.4, 0.5) is 5.69 Å². The predicted molar refractivity (Wildman–Crippen MR) is 72.1 cm³/mol. The number of imidazole rings is 1. The van der Waals surface area contributed by atoms with Crippen LogP contribution in [-0.4, -0.2) is 22.5 Å². The molecule has 3 N–H and O–H groups in total. The van der Waals surface area contributed by atoms with Crippen LogP contribution in [0.15, 0.2) is 22.9 Å². The first-order valence-corrected chi connectivity index (χ1v) is 6.68. The van der Waals surface area contributed by atoms with Crippen molar-refractivity contribution < 1.29 is 0 Å². The highest BCUT2D eigenvalue weighted by Crippen LogP contribution is 2.28. The van der Waals surface area contributed by atoms with Crippen molar-refractivity contribution in [2.45, 2.75) is 18.8 Å². The number of fused-ring (bicyclic) bond motifs is 1. The van der Waals surface area contributed by atoms with Crippen molar-refractivity contribution in [3.8, 4) is 0 Å². The number of nitrogens with zero attached hydrogens (tertiary/aromatic N) is 2. The first-order valence-electron chi connectivity index (χ1n) is 5.89. The molecule has 1 saturated heterocycles. The number of nitrogens with one attached hydrogen (secondary N) is 1. The zero-order valence-electron chi connectivity index (χ0n) is 9.49. The molecule has 1 fully saturated rings. The maximum absolute atomic E-state index is 5.85. The Morgan fingerprint density at radius 3 is 3.12 bits per heavy atom. The normalized spacial score (nSPS) is 20.9. The van der Waals surface area contributed by atoms with E-state index >= 15 is 0 Å². The Labute approximate surface area is 108 Å². The predicted octanol–water partition coefficient (Wildman–Crippen LogP) is 2.15. The SMILES string of the molecule is Nc1ccc2c(Br)nc(C3CCCNC3)n2c1. The van der Waals surface area contributed by atoms with E-state index in [0.29, 0.717) is 5.92 Å². The molecule has 0 aromatic carbocycles. The molecule has 2 aromatic rings. The largest absolute Gasteiger partial charge is 0.398 e. The van der Waals surface area contributed by atoms with E-state index in [1.807, 2.05) is 18.3 Å². The molecule has 0 saturated carbocycles. The molecule has 0 spiro atoms. The smallest absolute Gasteiger partial charge is 0.132 e. The lowest BCUT2D eigenvalue weighted by molar-refractivity contribution is 0.445. The quantitative estimate of drug-likeness (QED) is 0.847. The molecule has 3 rings (SSSR count). The molecule has 1 unspecified atom stereocenters. The molecule has 0 radical (unpaired) electrons. The number of halogens is 1. The number of pyridine rings is 1. The fourth-order valence-corrected chi connectivity index (χ4v) is 2.95. The van der Waals surface area contributed by atoms with Gasteiger partial charge in [-0.05, 0) is 47.4 Å². The topological polar surface area (TPSA) is 55.3 Å². The Balaban J connectivity index is 2.11. The fourth-order valence-electron chi connectivity index (χ4n) is 2.45. The molecular formula is C12H15BrN4. The van der Waals surface area contributed by atoms with E-state index < -0.39 is 0 Å². The Kier molecular flexibility index (Phi) is 2.80. The van der Waals surface area contributed by atoms with E-state index in [0.717, 1.165) is 34.7 Å². The van der Waals surface area contributed by atoms with Gasteiger partial charge in [0.25, 0.3) is 0 Å². The highest BCUT2D eigenvalue weighted by Gasteiger charge is 2.21. The van der Waals surface area contributed by atoms with Gasteiger partial charge in [0.2, 0.25) is 0 Å². The molecular weight excluding hydrogens is 280 g/mol. The Bertz CT molecular complexity index is 543. The molecule has 17 heavy (non-hydrogen) atoms. The van der Waals surface area contributed by atoms with Crippen LogP contribution >= 0.6 is 15.9 Å². The van der Waals surface area contributed by atoms with Gasteiger partial charge >= 0.3 is 0 Å². The number of rotatable bonds is 1. The number of nitrogen functional groups attached to an aromatic ring is 1. The van der Waals surface area contributed by atoms with Gasteiger partial charge in [-0.2, -0.15) is 0 Å². The lowest BCUT2D eigenvalue weighted by Gasteiger charge is -2.21. The minimum Gasteiger partial charge on any atom is -0.398 e. The molecule has 1 aliphatic rings. The fraction of sp³-hybridized carbons (Fsp3) is 0.417. The number of nitrogens with two attached hydrogens (primary N) is 1. The maximum atomic E-state index is 5.85. The van der Waals surface area contributed by atoms with Crippen molar-refractivity contribution in [3.63, 3.8) is 0 Å². The second-order valence-electron chi connectivity index (χ2n) is 4.52. The van der Waals surface area contributed by atoms with E-state index in [1.165, 1.54) is 12.8 Å². The summed E-state index contributed by atoms with van der Waals surface area (Å²) in [5.41, 5.74) is 7.71. The summed E-state index contributed by atoms with van der Waals surface area (Å²) in [6.45, 7) is 2.11. The van der Waals surface area contributed by atoms with Gasteiger partial charge in [-0.15, -0.1) is 0 Å². The van der Waals surface area contributed by atoms with E-state index in [4.69, 9.17) is 5.73 Å². The first-order chi connectivity index (χ1) is 8.25. The summed E-state index contributed by atoms with van der Waals surface area (Å²) in [7, 11) is 0. The van der Waals surface area contributed by atoms with E-state index in [1.54, 1.807) is 0 Å².